The molecule has 0 N–H and O–H groups in total. The van der Waals surface area contributed by atoms with Crippen molar-refractivity contribution in [3.05, 3.63) is 59.9 Å². The van der Waals surface area contributed by atoms with Crippen LogP contribution in [0.25, 0.3) is 0 Å². The summed E-state index contributed by atoms with van der Waals surface area (Å²) in [5.41, 5.74) is 1.15. The Labute approximate surface area is 126 Å². The molecule has 1 aliphatic carbocycles. The maximum Gasteiger partial charge on any atom is 0.418 e. The zero-order valence-corrected chi connectivity index (χ0v) is 12.9. The van der Waals surface area contributed by atoms with Crippen LogP contribution in [0.3, 0.4) is 0 Å². The number of hydrogen-bond acceptors (Lipinski definition) is 1. The molecule has 3 heteroatoms. The molecule has 0 aliphatic heterocycles. The second-order valence-corrected chi connectivity index (χ2v) is 7.19. The maximum absolute atomic E-state index is 13.9. The molecule has 1 unspecified atom stereocenters. The molecule has 0 bridgehead atoms. The number of hydrogen-bond donors (Lipinski definition) is 0. The van der Waals surface area contributed by atoms with Gasteiger partial charge in [0.1, 0.15) is 0 Å². The molecule has 0 amide bonds. The Morgan fingerprint density at radius 2 is 1.48 bits per heavy atom. The van der Waals surface area contributed by atoms with E-state index in [0.29, 0.717) is 11.2 Å². The van der Waals surface area contributed by atoms with Gasteiger partial charge in [0.2, 0.25) is 5.30 Å². The molecule has 0 saturated heterocycles. The highest BCUT2D eigenvalue weighted by Crippen LogP contribution is 2.35. The number of benzene rings is 2. The molecule has 2 aromatic rings. The summed E-state index contributed by atoms with van der Waals surface area (Å²) in [7, 11) is -1.86. The minimum absolute atomic E-state index is 0.316. The highest BCUT2D eigenvalue weighted by molar-refractivity contribution is 7.61. The molecule has 0 spiro atoms. The first-order valence-electron chi connectivity index (χ1n) is 7.58. The van der Waals surface area contributed by atoms with Crippen molar-refractivity contribution < 1.29 is 8.96 Å². The summed E-state index contributed by atoms with van der Waals surface area (Å²) in [6.45, 7) is 0. The van der Waals surface area contributed by atoms with Crippen molar-refractivity contribution in [2.75, 3.05) is 0 Å². The van der Waals surface area contributed by atoms with Crippen LogP contribution < -0.4 is 10.6 Å². The second kappa shape index (κ2) is 6.49. The summed E-state index contributed by atoms with van der Waals surface area (Å²) in [5.74, 6) is 0.0951. The zero-order valence-electron chi connectivity index (χ0n) is 12.0. The summed E-state index contributed by atoms with van der Waals surface area (Å²) < 4.78 is 26.8. The van der Waals surface area contributed by atoms with Gasteiger partial charge in [-0.1, -0.05) is 54.2 Å². The van der Waals surface area contributed by atoms with Crippen molar-refractivity contribution in [1.29, 1.82) is 0 Å². The van der Waals surface area contributed by atoms with E-state index in [0.717, 1.165) is 23.7 Å². The Kier molecular flexibility index (Phi) is 4.45. The third-order valence-corrected chi connectivity index (χ3v) is 5.92. The molecule has 3 rings (SSSR count). The van der Waals surface area contributed by atoms with Crippen molar-refractivity contribution in [3.8, 4) is 0 Å². The average molecular weight is 301 g/mol. The molecule has 1 fully saturated rings. The summed E-state index contributed by atoms with van der Waals surface area (Å²) in [4.78, 5) is 0. The van der Waals surface area contributed by atoms with Gasteiger partial charge >= 0.3 is 7.80 Å². The molecular formula is C18H19FOP+. The predicted molar refractivity (Wildman–Crippen MR) is 85.5 cm³/mol. The average Bonchev–Trinajstić information content (AvgIpc) is 2.55. The minimum atomic E-state index is -1.86. The van der Waals surface area contributed by atoms with E-state index in [1.165, 1.54) is 25.3 Å². The smallest absolute Gasteiger partial charge is 0.202 e. The molecule has 1 aliphatic rings. The summed E-state index contributed by atoms with van der Waals surface area (Å²) >= 11 is 0. The van der Waals surface area contributed by atoms with Gasteiger partial charge in [0.15, 0.2) is 11.1 Å². The topological polar surface area (TPSA) is 17.1 Å². The van der Waals surface area contributed by atoms with Gasteiger partial charge in [0.05, 0.1) is 0 Å². The normalized spacial score (nSPS) is 16.7. The minimum Gasteiger partial charge on any atom is -0.202 e. The SMILES string of the molecule is O=[P+](c1ccccc1F)c1ccccc1C1CCCCC1. The third kappa shape index (κ3) is 3.06. The first-order valence-corrected chi connectivity index (χ1v) is 8.84. The number of halogens is 1. The van der Waals surface area contributed by atoms with E-state index in [2.05, 4.69) is 6.07 Å². The van der Waals surface area contributed by atoms with Crippen molar-refractivity contribution in [1.82, 2.24) is 0 Å². The molecule has 2 aromatic carbocycles. The van der Waals surface area contributed by atoms with Crippen LogP contribution >= 0.6 is 7.80 Å². The van der Waals surface area contributed by atoms with Gasteiger partial charge in [-0.05, 0) is 37.0 Å². The van der Waals surface area contributed by atoms with E-state index in [9.17, 15) is 8.96 Å². The van der Waals surface area contributed by atoms with Crippen LogP contribution in [0.2, 0.25) is 0 Å². The van der Waals surface area contributed by atoms with Crippen molar-refractivity contribution in [2.45, 2.75) is 38.0 Å². The Morgan fingerprint density at radius 1 is 0.857 bits per heavy atom. The summed E-state index contributed by atoms with van der Waals surface area (Å²) in [6.07, 6.45) is 6.05. The lowest BCUT2D eigenvalue weighted by Crippen LogP contribution is -2.18. The van der Waals surface area contributed by atoms with E-state index in [-0.39, 0.29) is 5.82 Å². The van der Waals surface area contributed by atoms with Crippen LogP contribution in [-0.4, -0.2) is 0 Å². The van der Waals surface area contributed by atoms with Crippen LogP contribution in [0.15, 0.2) is 48.5 Å². The van der Waals surface area contributed by atoms with Gasteiger partial charge in [-0.2, -0.15) is 0 Å². The lowest BCUT2D eigenvalue weighted by molar-refractivity contribution is 0.445. The second-order valence-electron chi connectivity index (χ2n) is 5.64. The van der Waals surface area contributed by atoms with Gasteiger partial charge in [-0.15, -0.1) is 0 Å². The fourth-order valence-corrected chi connectivity index (χ4v) is 4.64. The van der Waals surface area contributed by atoms with Gasteiger partial charge in [0, 0.05) is 5.56 Å². The highest BCUT2D eigenvalue weighted by atomic mass is 31.1. The quantitative estimate of drug-likeness (QED) is 0.754. The van der Waals surface area contributed by atoms with E-state index in [4.69, 9.17) is 0 Å². The first-order chi connectivity index (χ1) is 10.3. The fourth-order valence-electron chi connectivity index (χ4n) is 3.18. The third-order valence-electron chi connectivity index (χ3n) is 4.27. The van der Waals surface area contributed by atoms with Crippen LogP contribution in [0.1, 0.15) is 43.6 Å². The highest BCUT2D eigenvalue weighted by Gasteiger charge is 2.32. The Balaban J connectivity index is 1.98. The van der Waals surface area contributed by atoms with E-state index in [1.807, 2.05) is 18.2 Å². The molecule has 0 aromatic heterocycles. The van der Waals surface area contributed by atoms with Crippen LogP contribution in [0.5, 0.6) is 0 Å². The molecule has 1 atom stereocenters. The van der Waals surface area contributed by atoms with E-state index >= 15 is 0 Å². The van der Waals surface area contributed by atoms with Crippen LogP contribution in [0, 0.1) is 5.82 Å². The molecule has 1 nitrogen and oxygen atoms in total. The molecule has 108 valence electrons. The fraction of sp³-hybridized carbons (Fsp3) is 0.333. The molecule has 1 saturated carbocycles. The lowest BCUT2D eigenvalue weighted by atomic mass is 9.84. The Hall–Kier alpha value is -1.53. The first kappa shape index (κ1) is 14.4. The van der Waals surface area contributed by atoms with Gasteiger partial charge in [-0.3, -0.25) is 0 Å². The molecule has 21 heavy (non-hydrogen) atoms. The van der Waals surface area contributed by atoms with E-state index < -0.39 is 7.80 Å². The van der Waals surface area contributed by atoms with Gasteiger partial charge in [-0.25, -0.2) is 4.39 Å². The molecular weight excluding hydrogens is 282 g/mol. The summed E-state index contributed by atoms with van der Waals surface area (Å²) in [6, 6.07) is 14.3. The monoisotopic (exact) mass is 301 g/mol. The number of rotatable bonds is 3. The standard InChI is InChI=1S/C18H19FOP/c19-16-11-5-7-13-18(16)21(20)17-12-6-4-10-15(17)14-8-2-1-3-9-14/h4-7,10-14H,1-3,8-9H2/q+1. The Morgan fingerprint density at radius 3 is 2.19 bits per heavy atom. The van der Waals surface area contributed by atoms with Crippen LogP contribution in [0.4, 0.5) is 4.39 Å². The van der Waals surface area contributed by atoms with Crippen molar-refractivity contribution >= 4 is 18.4 Å². The Bertz CT molecular complexity index is 647. The molecule has 0 heterocycles. The van der Waals surface area contributed by atoms with Crippen LogP contribution in [-0.2, 0) is 4.57 Å². The predicted octanol–water partition coefficient (Wildman–Crippen LogP) is 4.65. The van der Waals surface area contributed by atoms with Gasteiger partial charge in [0.25, 0.3) is 0 Å². The largest absolute Gasteiger partial charge is 0.418 e. The lowest BCUT2D eigenvalue weighted by Gasteiger charge is -2.21. The van der Waals surface area contributed by atoms with Gasteiger partial charge < -0.3 is 0 Å². The zero-order chi connectivity index (χ0) is 14.7. The van der Waals surface area contributed by atoms with Crippen molar-refractivity contribution in [2.24, 2.45) is 0 Å². The molecule has 0 radical (unpaired) electrons. The van der Waals surface area contributed by atoms with E-state index in [1.54, 1.807) is 18.2 Å². The summed E-state index contributed by atoms with van der Waals surface area (Å²) in [5, 5.41) is 1.13. The van der Waals surface area contributed by atoms with Crippen molar-refractivity contribution in [3.63, 3.8) is 0 Å². The maximum atomic E-state index is 13.9.